The second-order valence-electron chi connectivity index (χ2n) is 7.13. The van der Waals surface area contributed by atoms with Crippen molar-refractivity contribution in [1.29, 1.82) is 0 Å². The van der Waals surface area contributed by atoms with Crippen LogP contribution < -0.4 is 14.8 Å². The van der Waals surface area contributed by atoms with Gasteiger partial charge in [0, 0.05) is 11.6 Å². The number of fused-ring (bicyclic) bond motifs is 1. The van der Waals surface area contributed by atoms with Gasteiger partial charge < -0.3 is 19.2 Å². The second-order valence-corrected chi connectivity index (χ2v) is 9.43. The highest BCUT2D eigenvalue weighted by Crippen LogP contribution is 2.35. The van der Waals surface area contributed by atoms with E-state index in [0.29, 0.717) is 16.5 Å². The summed E-state index contributed by atoms with van der Waals surface area (Å²) in [5, 5.41) is 3.00. The molecule has 1 aliphatic rings. The summed E-state index contributed by atoms with van der Waals surface area (Å²) in [5.74, 6) is 0.366. The summed E-state index contributed by atoms with van der Waals surface area (Å²) in [6, 6.07) is 16.8. The highest BCUT2D eigenvalue weighted by molar-refractivity contribution is 7.91. The van der Waals surface area contributed by atoms with Gasteiger partial charge in [0.1, 0.15) is 5.82 Å². The molecule has 2 heterocycles. The molecule has 7 nitrogen and oxygen atoms in total. The molecule has 0 amide bonds. The van der Waals surface area contributed by atoms with E-state index in [0.717, 1.165) is 5.56 Å². The van der Waals surface area contributed by atoms with Crippen LogP contribution in [-0.4, -0.2) is 20.2 Å². The standard InChI is InChI=1S/C23H16ClFN2O5S/c24-15-6-8-16(9-7-15)33(28,29)23-22(32-21(27-23)17-3-1-2-4-18(17)25)26-12-14-5-10-19-20(11-14)31-13-30-19/h1-11,26H,12-13H2. The number of oxazole rings is 1. The molecule has 1 aliphatic heterocycles. The first-order chi connectivity index (χ1) is 15.9. The number of nitrogens with zero attached hydrogens (tertiary/aromatic N) is 1. The number of halogens is 2. The molecule has 0 atom stereocenters. The van der Waals surface area contributed by atoms with Gasteiger partial charge in [-0.3, -0.25) is 0 Å². The monoisotopic (exact) mass is 486 g/mol. The van der Waals surface area contributed by atoms with Crippen LogP contribution in [0.5, 0.6) is 11.5 Å². The molecule has 5 rings (SSSR count). The Balaban J connectivity index is 1.54. The maximum absolute atomic E-state index is 14.3. The average molecular weight is 487 g/mol. The minimum atomic E-state index is -4.09. The number of sulfone groups is 1. The minimum Gasteiger partial charge on any atom is -0.454 e. The van der Waals surface area contributed by atoms with Gasteiger partial charge in [-0.2, -0.15) is 4.98 Å². The molecule has 0 spiro atoms. The highest BCUT2D eigenvalue weighted by Gasteiger charge is 2.29. The van der Waals surface area contributed by atoms with Gasteiger partial charge in [-0.1, -0.05) is 29.8 Å². The van der Waals surface area contributed by atoms with Crippen LogP contribution in [0.3, 0.4) is 0 Å². The van der Waals surface area contributed by atoms with Crippen LogP contribution in [0.15, 0.2) is 81.1 Å². The third kappa shape index (κ3) is 4.12. The number of anilines is 1. The first kappa shape index (κ1) is 21.3. The Morgan fingerprint density at radius 2 is 1.76 bits per heavy atom. The smallest absolute Gasteiger partial charge is 0.234 e. The molecule has 0 bridgehead atoms. The van der Waals surface area contributed by atoms with E-state index in [2.05, 4.69) is 10.3 Å². The fourth-order valence-corrected chi connectivity index (χ4v) is 4.71. The topological polar surface area (TPSA) is 90.7 Å². The van der Waals surface area contributed by atoms with Crippen molar-refractivity contribution in [3.63, 3.8) is 0 Å². The van der Waals surface area contributed by atoms with Crippen molar-refractivity contribution in [3.05, 3.63) is 83.1 Å². The Bertz CT molecular complexity index is 1440. The van der Waals surface area contributed by atoms with Gasteiger partial charge in [-0.25, -0.2) is 12.8 Å². The van der Waals surface area contributed by atoms with Crippen molar-refractivity contribution >= 4 is 27.3 Å². The van der Waals surface area contributed by atoms with Gasteiger partial charge >= 0.3 is 0 Å². The molecule has 0 radical (unpaired) electrons. The van der Waals surface area contributed by atoms with Crippen molar-refractivity contribution in [2.75, 3.05) is 12.1 Å². The van der Waals surface area contributed by atoms with Crippen LogP contribution in [-0.2, 0) is 16.4 Å². The summed E-state index contributed by atoms with van der Waals surface area (Å²) in [6.45, 7) is 0.343. The number of nitrogens with one attached hydrogen (secondary N) is 1. The quantitative estimate of drug-likeness (QED) is 0.395. The van der Waals surface area contributed by atoms with Gasteiger partial charge in [-0.05, 0) is 54.1 Å². The van der Waals surface area contributed by atoms with Crippen molar-refractivity contribution in [1.82, 2.24) is 4.98 Å². The normalized spacial score (nSPS) is 12.7. The lowest BCUT2D eigenvalue weighted by atomic mass is 10.2. The summed E-state index contributed by atoms with van der Waals surface area (Å²) in [4.78, 5) is 4.13. The number of ether oxygens (including phenoxy) is 2. The van der Waals surface area contributed by atoms with E-state index in [9.17, 15) is 12.8 Å². The van der Waals surface area contributed by atoms with E-state index in [1.165, 1.54) is 42.5 Å². The molecule has 0 aliphatic carbocycles. The zero-order chi connectivity index (χ0) is 23.0. The summed E-state index contributed by atoms with van der Waals surface area (Å²) in [7, 11) is -4.09. The van der Waals surface area contributed by atoms with Crippen molar-refractivity contribution in [2.45, 2.75) is 16.5 Å². The number of benzene rings is 3. The molecule has 3 aromatic carbocycles. The summed E-state index contributed by atoms with van der Waals surface area (Å²) in [5.41, 5.74) is 0.833. The van der Waals surface area contributed by atoms with Gasteiger partial charge in [0.25, 0.3) is 0 Å². The SMILES string of the molecule is O=S(=O)(c1ccc(Cl)cc1)c1nc(-c2ccccc2F)oc1NCc1ccc2c(c1)OCO2. The number of hydrogen-bond acceptors (Lipinski definition) is 7. The predicted octanol–water partition coefficient (Wildman–Crippen LogP) is 5.31. The van der Waals surface area contributed by atoms with E-state index >= 15 is 0 Å². The number of hydrogen-bond donors (Lipinski definition) is 1. The molecular weight excluding hydrogens is 471 g/mol. The fraction of sp³-hybridized carbons (Fsp3) is 0.0870. The largest absolute Gasteiger partial charge is 0.454 e. The van der Waals surface area contributed by atoms with Gasteiger partial charge in [0.2, 0.25) is 33.4 Å². The molecule has 1 aromatic heterocycles. The Morgan fingerprint density at radius 3 is 2.55 bits per heavy atom. The van der Waals surface area contributed by atoms with E-state index < -0.39 is 15.7 Å². The second kappa shape index (κ2) is 8.42. The summed E-state index contributed by atoms with van der Waals surface area (Å²) in [6.07, 6.45) is 0. The van der Waals surface area contributed by atoms with Crippen LogP contribution >= 0.6 is 11.6 Å². The van der Waals surface area contributed by atoms with Crippen LogP contribution in [0.1, 0.15) is 5.56 Å². The lowest BCUT2D eigenvalue weighted by molar-refractivity contribution is 0.174. The Hall–Kier alpha value is -3.56. The van der Waals surface area contributed by atoms with Crippen molar-refractivity contribution < 1.29 is 26.7 Å². The van der Waals surface area contributed by atoms with E-state index in [1.54, 1.807) is 18.2 Å². The highest BCUT2D eigenvalue weighted by atomic mass is 35.5. The minimum absolute atomic E-state index is 0.0218. The molecule has 10 heteroatoms. The Labute approximate surface area is 193 Å². The van der Waals surface area contributed by atoms with Gasteiger partial charge in [0.05, 0.1) is 10.5 Å². The molecule has 0 saturated heterocycles. The average Bonchev–Trinajstić information content (AvgIpc) is 3.45. The van der Waals surface area contributed by atoms with Crippen LogP contribution in [0, 0.1) is 5.82 Å². The van der Waals surface area contributed by atoms with Crippen LogP contribution in [0.25, 0.3) is 11.5 Å². The maximum atomic E-state index is 14.3. The third-order valence-corrected chi connectivity index (χ3v) is 6.90. The molecule has 0 fully saturated rings. The first-order valence-electron chi connectivity index (χ1n) is 9.80. The molecule has 168 valence electrons. The van der Waals surface area contributed by atoms with Crippen molar-refractivity contribution in [3.8, 4) is 23.0 Å². The first-order valence-corrected chi connectivity index (χ1v) is 11.7. The lowest BCUT2D eigenvalue weighted by Gasteiger charge is -2.07. The number of aromatic nitrogens is 1. The molecular formula is C23H16ClFN2O5S. The summed E-state index contributed by atoms with van der Waals surface area (Å²) >= 11 is 5.90. The lowest BCUT2D eigenvalue weighted by Crippen LogP contribution is -2.07. The maximum Gasteiger partial charge on any atom is 0.234 e. The molecule has 4 aromatic rings. The Kier molecular flexibility index (Phi) is 5.43. The molecule has 1 N–H and O–H groups in total. The van der Waals surface area contributed by atoms with E-state index in [-0.39, 0.29) is 40.6 Å². The predicted molar refractivity (Wildman–Crippen MR) is 119 cm³/mol. The van der Waals surface area contributed by atoms with E-state index in [1.807, 2.05) is 6.07 Å². The zero-order valence-corrected chi connectivity index (χ0v) is 18.5. The third-order valence-electron chi connectivity index (χ3n) is 4.97. The van der Waals surface area contributed by atoms with Crippen molar-refractivity contribution in [2.24, 2.45) is 0 Å². The van der Waals surface area contributed by atoms with Gasteiger partial charge in [0.15, 0.2) is 11.5 Å². The Morgan fingerprint density at radius 1 is 1.00 bits per heavy atom. The van der Waals surface area contributed by atoms with E-state index in [4.69, 9.17) is 25.5 Å². The fourth-order valence-electron chi connectivity index (χ4n) is 3.31. The molecule has 0 unspecified atom stereocenters. The molecule has 33 heavy (non-hydrogen) atoms. The number of rotatable bonds is 6. The van der Waals surface area contributed by atoms with Gasteiger partial charge in [-0.15, -0.1) is 0 Å². The van der Waals surface area contributed by atoms with Crippen LogP contribution in [0.2, 0.25) is 5.02 Å². The zero-order valence-electron chi connectivity index (χ0n) is 16.9. The summed E-state index contributed by atoms with van der Waals surface area (Å²) < 4.78 is 57.4. The van der Waals surface area contributed by atoms with Crippen LogP contribution in [0.4, 0.5) is 10.3 Å². The molecule has 0 saturated carbocycles.